The summed E-state index contributed by atoms with van der Waals surface area (Å²) in [4.78, 5) is 14.2. The fourth-order valence-corrected chi connectivity index (χ4v) is 2.73. The standard InChI is InChI=1S/C16H12Cl2N2O2/c1-8(21)22-16-7-20-15-6-12(17)10(5-11(15)16)9-2-3-14(19)13(18)4-9/h2-7,20H,19H2,1H3. The second-order valence-corrected chi connectivity index (χ2v) is 5.67. The van der Waals surface area contributed by atoms with Gasteiger partial charge in [-0.05, 0) is 29.8 Å². The number of esters is 1. The molecule has 0 fully saturated rings. The van der Waals surface area contributed by atoms with Gasteiger partial charge >= 0.3 is 5.97 Å². The maximum absolute atomic E-state index is 11.2. The Morgan fingerprint density at radius 1 is 1.18 bits per heavy atom. The van der Waals surface area contributed by atoms with Gasteiger partial charge in [0.15, 0.2) is 5.75 Å². The molecule has 3 aromatic rings. The molecule has 0 bridgehead atoms. The molecule has 112 valence electrons. The van der Waals surface area contributed by atoms with Crippen molar-refractivity contribution in [1.82, 2.24) is 4.98 Å². The summed E-state index contributed by atoms with van der Waals surface area (Å²) in [6, 6.07) is 8.95. The maximum atomic E-state index is 11.2. The van der Waals surface area contributed by atoms with Crippen molar-refractivity contribution in [3.63, 3.8) is 0 Å². The molecule has 0 aliphatic heterocycles. The Morgan fingerprint density at radius 3 is 2.64 bits per heavy atom. The van der Waals surface area contributed by atoms with Crippen LogP contribution in [-0.4, -0.2) is 11.0 Å². The van der Waals surface area contributed by atoms with E-state index in [2.05, 4.69) is 4.98 Å². The van der Waals surface area contributed by atoms with Crippen molar-refractivity contribution in [1.29, 1.82) is 0 Å². The van der Waals surface area contributed by atoms with Crippen molar-refractivity contribution in [3.05, 3.63) is 46.6 Å². The predicted octanol–water partition coefficient (Wildman–Crippen LogP) is 4.65. The summed E-state index contributed by atoms with van der Waals surface area (Å²) in [6.45, 7) is 1.36. The number of nitrogen functional groups attached to an aromatic ring is 1. The Bertz CT molecular complexity index is 887. The van der Waals surface area contributed by atoms with E-state index in [9.17, 15) is 4.79 Å². The number of aromatic nitrogens is 1. The summed E-state index contributed by atoms with van der Waals surface area (Å²) in [5, 5.41) is 1.79. The van der Waals surface area contributed by atoms with E-state index in [4.69, 9.17) is 33.7 Å². The number of ether oxygens (including phenoxy) is 1. The van der Waals surface area contributed by atoms with Crippen LogP contribution in [0.25, 0.3) is 22.0 Å². The fraction of sp³-hybridized carbons (Fsp3) is 0.0625. The van der Waals surface area contributed by atoms with Crippen molar-refractivity contribution < 1.29 is 9.53 Å². The van der Waals surface area contributed by atoms with Crippen LogP contribution in [0.3, 0.4) is 0 Å². The van der Waals surface area contributed by atoms with Crippen LogP contribution in [0.4, 0.5) is 5.69 Å². The van der Waals surface area contributed by atoms with Crippen LogP contribution in [0.5, 0.6) is 5.75 Å². The Morgan fingerprint density at radius 2 is 1.95 bits per heavy atom. The predicted molar refractivity (Wildman–Crippen MR) is 89.5 cm³/mol. The molecule has 3 N–H and O–H groups in total. The van der Waals surface area contributed by atoms with Crippen molar-refractivity contribution >= 4 is 45.8 Å². The molecule has 6 heteroatoms. The molecule has 1 aromatic heterocycles. The van der Waals surface area contributed by atoms with Crippen LogP contribution in [-0.2, 0) is 4.79 Å². The van der Waals surface area contributed by atoms with Gasteiger partial charge in [-0.1, -0.05) is 29.3 Å². The molecule has 0 aliphatic rings. The monoisotopic (exact) mass is 334 g/mol. The number of hydrogen-bond acceptors (Lipinski definition) is 3. The van der Waals surface area contributed by atoms with Crippen LogP contribution in [0.15, 0.2) is 36.5 Å². The highest BCUT2D eigenvalue weighted by Gasteiger charge is 2.13. The summed E-state index contributed by atoms with van der Waals surface area (Å²) in [6.07, 6.45) is 1.63. The molecule has 4 nitrogen and oxygen atoms in total. The highest BCUT2D eigenvalue weighted by Crippen LogP contribution is 2.37. The van der Waals surface area contributed by atoms with Gasteiger partial charge in [0.05, 0.1) is 21.2 Å². The average molecular weight is 335 g/mol. The number of rotatable bonds is 2. The van der Waals surface area contributed by atoms with Crippen LogP contribution in [0, 0.1) is 0 Å². The summed E-state index contributed by atoms with van der Waals surface area (Å²) in [7, 11) is 0. The van der Waals surface area contributed by atoms with Gasteiger partial charge in [0, 0.05) is 24.1 Å². The second-order valence-electron chi connectivity index (χ2n) is 4.86. The Labute approximate surface area is 136 Å². The number of H-pyrrole nitrogens is 1. The first-order valence-corrected chi connectivity index (χ1v) is 7.26. The number of nitrogens with one attached hydrogen (secondary N) is 1. The van der Waals surface area contributed by atoms with Gasteiger partial charge in [-0.25, -0.2) is 0 Å². The van der Waals surface area contributed by atoms with Crippen molar-refractivity contribution in [3.8, 4) is 16.9 Å². The number of aromatic amines is 1. The van der Waals surface area contributed by atoms with Crippen LogP contribution in [0.2, 0.25) is 10.0 Å². The Kier molecular flexibility index (Phi) is 3.72. The highest BCUT2D eigenvalue weighted by atomic mass is 35.5. The molecule has 0 radical (unpaired) electrons. The molecular formula is C16H12Cl2N2O2. The number of nitrogens with two attached hydrogens (primary N) is 1. The van der Waals surface area contributed by atoms with E-state index >= 15 is 0 Å². The number of carbonyl (C=O) groups excluding carboxylic acids is 1. The zero-order valence-electron chi connectivity index (χ0n) is 11.6. The SMILES string of the molecule is CC(=O)Oc1c[nH]c2cc(Cl)c(-c3ccc(N)c(Cl)c3)cc12. The molecule has 0 spiro atoms. The number of benzene rings is 2. The zero-order chi connectivity index (χ0) is 15.9. The highest BCUT2D eigenvalue weighted by molar-refractivity contribution is 6.35. The van der Waals surface area contributed by atoms with Gasteiger partial charge in [0.1, 0.15) is 0 Å². The molecule has 1 heterocycles. The number of fused-ring (bicyclic) bond motifs is 1. The summed E-state index contributed by atoms with van der Waals surface area (Å²) in [5.41, 5.74) is 8.63. The van der Waals surface area contributed by atoms with Gasteiger partial charge in [-0.3, -0.25) is 4.79 Å². The number of hydrogen-bond donors (Lipinski definition) is 2. The maximum Gasteiger partial charge on any atom is 0.308 e. The molecule has 0 atom stereocenters. The Balaban J connectivity index is 2.18. The lowest BCUT2D eigenvalue weighted by Gasteiger charge is -2.08. The lowest BCUT2D eigenvalue weighted by Crippen LogP contribution is -2.00. The first-order valence-electron chi connectivity index (χ1n) is 6.50. The third-order valence-corrected chi connectivity index (χ3v) is 3.94. The van der Waals surface area contributed by atoms with Crippen LogP contribution >= 0.6 is 23.2 Å². The quantitative estimate of drug-likeness (QED) is 0.529. The van der Waals surface area contributed by atoms with Crippen molar-refractivity contribution in [2.45, 2.75) is 6.92 Å². The normalized spacial score (nSPS) is 10.9. The van der Waals surface area contributed by atoms with Gasteiger partial charge < -0.3 is 15.5 Å². The van der Waals surface area contributed by atoms with Gasteiger partial charge in [0.2, 0.25) is 0 Å². The summed E-state index contributed by atoms with van der Waals surface area (Å²) >= 11 is 12.4. The van der Waals surface area contributed by atoms with Gasteiger partial charge in [-0.2, -0.15) is 0 Å². The van der Waals surface area contributed by atoms with E-state index in [0.29, 0.717) is 21.5 Å². The largest absolute Gasteiger partial charge is 0.424 e. The number of halogens is 2. The Hall–Kier alpha value is -2.17. The summed E-state index contributed by atoms with van der Waals surface area (Å²) < 4.78 is 5.18. The molecule has 3 rings (SSSR count). The van der Waals surface area contributed by atoms with E-state index < -0.39 is 0 Å². The number of anilines is 1. The minimum Gasteiger partial charge on any atom is -0.424 e. The van der Waals surface area contributed by atoms with Gasteiger partial charge in [0.25, 0.3) is 0 Å². The molecule has 0 amide bonds. The molecule has 2 aromatic carbocycles. The lowest BCUT2D eigenvalue weighted by molar-refractivity contribution is -0.131. The molecule has 0 saturated heterocycles. The number of carbonyl (C=O) groups is 1. The molecular weight excluding hydrogens is 323 g/mol. The minimum atomic E-state index is -0.382. The molecule has 0 saturated carbocycles. The van der Waals surface area contributed by atoms with Crippen LogP contribution in [0.1, 0.15) is 6.92 Å². The average Bonchev–Trinajstić information content (AvgIpc) is 2.82. The summed E-state index contributed by atoms with van der Waals surface area (Å²) in [5.74, 6) is 0.0786. The second kappa shape index (κ2) is 5.55. The lowest BCUT2D eigenvalue weighted by atomic mass is 10.0. The van der Waals surface area contributed by atoms with E-state index in [1.54, 1.807) is 24.4 Å². The molecule has 22 heavy (non-hydrogen) atoms. The third-order valence-electron chi connectivity index (χ3n) is 3.30. The zero-order valence-corrected chi connectivity index (χ0v) is 13.1. The fourth-order valence-electron chi connectivity index (χ4n) is 2.27. The molecule has 0 unspecified atom stereocenters. The smallest absolute Gasteiger partial charge is 0.308 e. The minimum absolute atomic E-state index is 0.382. The van der Waals surface area contributed by atoms with E-state index in [0.717, 1.165) is 22.0 Å². The van der Waals surface area contributed by atoms with E-state index in [1.165, 1.54) is 6.92 Å². The first-order chi connectivity index (χ1) is 10.5. The van der Waals surface area contributed by atoms with E-state index in [1.807, 2.05) is 12.1 Å². The van der Waals surface area contributed by atoms with Gasteiger partial charge in [-0.15, -0.1) is 0 Å². The topological polar surface area (TPSA) is 68.1 Å². The van der Waals surface area contributed by atoms with Crippen LogP contribution < -0.4 is 10.5 Å². The van der Waals surface area contributed by atoms with Crippen molar-refractivity contribution in [2.75, 3.05) is 5.73 Å². The third kappa shape index (κ3) is 2.63. The first kappa shape index (κ1) is 14.8. The molecule has 0 aliphatic carbocycles. The van der Waals surface area contributed by atoms with Crippen molar-refractivity contribution in [2.24, 2.45) is 0 Å². The van der Waals surface area contributed by atoms with E-state index in [-0.39, 0.29) is 5.97 Å².